The van der Waals surface area contributed by atoms with Crippen LogP contribution in [0.2, 0.25) is 0 Å². The highest BCUT2D eigenvalue weighted by Gasteiger charge is 2.16. The molecule has 2 heterocycles. The molecule has 1 aliphatic heterocycles. The molecule has 5 heteroatoms. The van der Waals surface area contributed by atoms with Crippen molar-refractivity contribution in [2.75, 3.05) is 13.2 Å². The molecule has 2 aromatic carbocycles. The largest absolute Gasteiger partial charge is 0.486 e. The number of aliphatic hydroxyl groups is 1. The molecule has 0 bridgehead atoms. The van der Waals surface area contributed by atoms with Gasteiger partial charge in [-0.25, -0.2) is 4.98 Å². The number of hydrogen-bond donors (Lipinski definition) is 1. The molecular formula is C19H20N2O3. The number of nitrogens with zero attached hydrogens (tertiary/aromatic N) is 2. The number of aromatic nitrogens is 2. The average Bonchev–Trinajstić information content (AvgIpc) is 2.96. The Morgan fingerprint density at radius 3 is 2.67 bits per heavy atom. The fourth-order valence-electron chi connectivity index (χ4n) is 3.02. The van der Waals surface area contributed by atoms with Gasteiger partial charge in [-0.2, -0.15) is 0 Å². The summed E-state index contributed by atoms with van der Waals surface area (Å²) in [5, 5.41) is 10.6. The van der Waals surface area contributed by atoms with Crippen molar-refractivity contribution in [3.8, 4) is 11.5 Å². The van der Waals surface area contributed by atoms with E-state index >= 15 is 0 Å². The summed E-state index contributed by atoms with van der Waals surface area (Å²) in [7, 11) is 0. The quantitative estimate of drug-likeness (QED) is 0.804. The maximum atomic E-state index is 10.6. The van der Waals surface area contributed by atoms with Gasteiger partial charge in [0.1, 0.15) is 13.2 Å². The van der Waals surface area contributed by atoms with Crippen molar-refractivity contribution in [1.29, 1.82) is 0 Å². The number of aliphatic hydroxyl groups excluding tert-OH is 1. The monoisotopic (exact) mass is 324 g/mol. The predicted molar refractivity (Wildman–Crippen MR) is 91.6 cm³/mol. The van der Waals surface area contributed by atoms with E-state index in [0.717, 1.165) is 22.3 Å². The first-order valence-corrected chi connectivity index (χ1v) is 8.11. The van der Waals surface area contributed by atoms with Gasteiger partial charge in [0.25, 0.3) is 0 Å². The van der Waals surface area contributed by atoms with Crippen LogP contribution in [0, 0.1) is 13.8 Å². The molecule has 0 saturated heterocycles. The van der Waals surface area contributed by atoms with Crippen molar-refractivity contribution < 1.29 is 14.6 Å². The van der Waals surface area contributed by atoms with E-state index in [1.807, 2.05) is 22.8 Å². The van der Waals surface area contributed by atoms with Crippen LogP contribution in [0.1, 0.15) is 22.8 Å². The zero-order valence-electron chi connectivity index (χ0n) is 13.8. The van der Waals surface area contributed by atoms with Crippen LogP contribution in [0.5, 0.6) is 11.5 Å². The summed E-state index contributed by atoms with van der Waals surface area (Å²) in [5.41, 5.74) is 5.24. The van der Waals surface area contributed by atoms with Gasteiger partial charge in [0.2, 0.25) is 0 Å². The van der Waals surface area contributed by atoms with Gasteiger partial charge >= 0.3 is 0 Å². The Kier molecular flexibility index (Phi) is 3.65. The number of ether oxygens (including phenoxy) is 2. The molecule has 0 radical (unpaired) electrons. The van der Waals surface area contributed by atoms with Crippen molar-refractivity contribution in [1.82, 2.24) is 9.55 Å². The normalized spacial score (nSPS) is 14.8. The van der Waals surface area contributed by atoms with E-state index in [9.17, 15) is 5.11 Å². The Bertz CT molecular complexity index is 901. The molecule has 124 valence electrons. The lowest BCUT2D eigenvalue weighted by molar-refractivity contribution is 0.153. The van der Waals surface area contributed by atoms with Gasteiger partial charge in [-0.05, 0) is 54.8 Å². The highest BCUT2D eigenvalue weighted by atomic mass is 16.6. The van der Waals surface area contributed by atoms with Crippen LogP contribution < -0.4 is 9.47 Å². The summed E-state index contributed by atoms with van der Waals surface area (Å²) >= 11 is 0. The maximum Gasteiger partial charge on any atom is 0.161 e. The van der Waals surface area contributed by atoms with Crippen molar-refractivity contribution >= 4 is 11.0 Å². The van der Waals surface area contributed by atoms with Crippen LogP contribution in [-0.2, 0) is 6.54 Å². The molecule has 24 heavy (non-hydrogen) atoms. The summed E-state index contributed by atoms with van der Waals surface area (Å²) in [4.78, 5) is 4.44. The second-order valence-electron chi connectivity index (χ2n) is 6.24. The minimum atomic E-state index is -0.639. The van der Waals surface area contributed by atoms with E-state index in [4.69, 9.17) is 9.47 Å². The lowest BCUT2D eigenvalue weighted by atomic mass is 10.1. The number of hydrogen-bond acceptors (Lipinski definition) is 4. The molecule has 0 fully saturated rings. The second-order valence-corrected chi connectivity index (χ2v) is 6.24. The summed E-state index contributed by atoms with van der Waals surface area (Å²) in [6.07, 6.45) is 1.14. The zero-order valence-corrected chi connectivity index (χ0v) is 13.8. The topological polar surface area (TPSA) is 56.5 Å². The Hall–Kier alpha value is -2.53. The lowest BCUT2D eigenvalue weighted by Crippen LogP contribution is -2.16. The number of imidazole rings is 1. The van der Waals surface area contributed by atoms with Gasteiger partial charge in [-0.15, -0.1) is 0 Å². The van der Waals surface area contributed by atoms with Crippen molar-refractivity contribution in [3.05, 3.63) is 53.3 Å². The molecule has 1 N–H and O–H groups in total. The number of aryl methyl sites for hydroxylation is 2. The van der Waals surface area contributed by atoms with Crippen LogP contribution in [0.4, 0.5) is 0 Å². The molecule has 1 aliphatic rings. The van der Waals surface area contributed by atoms with Crippen molar-refractivity contribution in [2.24, 2.45) is 0 Å². The Balaban J connectivity index is 1.62. The third-order valence-corrected chi connectivity index (χ3v) is 4.56. The molecule has 0 saturated carbocycles. The third kappa shape index (κ3) is 2.61. The molecular weight excluding hydrogens is 304 g/mol. The molecule has 1 atom stereocenters. The predicted octanol–water partition coefficient (Wildman–Crippen LogP) is 3.16. The van der Waals surface area contributed by atoms with Gasteiger partial charge in [0.05, 0.1) is 30.0 Å². The first kappa shape index (κ1) is 15.0. The second kappa shape index (κ2) is 5.83. The Morgan fingerprint density at radius 2 is 1.83 bits per heavy atom. The lowest BCUT2D eigenvalue weighted by Gasteiger charge is -2.20. The molecule has 0 aliphatic carbocycles. The molecule has 0 unspecified atom stereocenters. The Morgan fingerprint density at radius 1 is 1.08 bits per heavy atom. The standard InChI is InChI=1S/C19H20N2O3/c1-12-7-15-16(8-13(12)2)21(11-20-15)10-17(22)14-3-4-18-19(9-14)24-6-5-23-18/h3-4,7-9,11,17,22H,5-6,10H2,1-2H3/t17-/m0/s1. The van der Waals surface area contributed by atoms with E-state index in [1.165, 1.54) is 11.1 Å². The molecule has 0 amide bonds. The Labute approximate surface area is 140 Å². The maximum absolute atomic E-state index is 10.6. The molecule has 5 nitrogen and oxygen atoms in total. The van der Waals surface area contributed by atoms with E-state index in [0.29, 0.717) is 25.5 Å². The fourth-order valence-corrected chi connectivity index (χ4v) is 3.02. The first-order valence-electron chi connectivity index (χ1n) is 8.11. The SMILES string of the molecule is Cc1cc2ncn(C[C@H](O)c3ccc4c(c3)OCCO4)c2cc1C. The number of rotatable bonds is 3. The molecule has 3 aromatic rings. The number of fused-ring (bicyclic) bond motifs is 2. The van der Waals surface area contributed by atoms with Crippen LogP contribution in [0.15, 0.2) is 36.7 Å². The number of benzene rings is 2. The van der Waals surface area contributed by atoms with Crippen LogP contribution >= 0.6 is 0 Å². The summed E-state index contributed by atoms with van der Waals surface area (Å²) in [5.74, 6) is 1.43. The van der Waals surface area contributed by atoms with E-state index in [1.54, 1.807) is 6.33 Å². The fraction of sp³-hybridized carbons (Fsp3) is 0.316. The van der Waals surface area contributed by atoms with Crippen molar-refractivity contribution in [2.45, 2.75) is 26.5 Å². The highest BCUT2D eigenvalue weighted by molar-refractivity contribution is 5.77. The smallest absolute Gasteiger partial charge is 0.161 e. The first-order chi connectivity index (χ1) is 11.6. The third-order valence-electron chi connectivity index (χ3n) is 4.56. The molecule has 4 rings (SSSR count). The van der Waals surface area contributed by atoms with Gasteiger partial charge in [0, 0.05) is 0 Å². The van der Waals surface area contributed by atoms with Crippen LogP contribution in [0.3, 0.4) is 0 Å². The molecule has 0 spiro atoms. The van der Waals surface area contributed by atoms with Gasteiger partial charge in [-0.1, -0.05) is 6.07 Å². The minimum absolute atomic E-state index is 0.443. The summed E-state index contributed by atoms with van der Waals surface area (Å²) in [6.45, 7) is 5.71. The summed E-state index contributed by atoms with van der Waals surface area (Å²) < 4.78 is 13.1. The van der Waals surface area contributed by atoms with E-state index in [2.05, 4.69) is 31.0 Å². The molecule has 1 aromatic heterocycles. The summed E-state index contributed by atoms with van der Waals surface area (Å²) in [6, 6.07) is 9.79. The zero-order chi connectivity index (χ0) is 16.7. The highest BCUT2D eigenvalue weighted by Crippen LogP contribution is 2.33. The minimum Gasteiger partial charge on any atom is -0.486 e. The van der Waals surface area contributed by atoms with E-state index < -0.39 is 6.10 Å². The van der Waals surface area contributed by atoms with Gasteiger partial charge < -0.3 is 19.1 Å². The van der Waals surface area contributed by atoms with Gasteiger partial charge in [-0.3, -0.25) is 0 Å². The van der Waals surface area contributed by atoms with Crippen LogP contribution in [-0.4, -0.2) is 27.9 Å². The van der Waals surface area contributed by atoms with Crippen molar-refractivity contribution in [3.63, 3.8) is 0 Å². The van der Waals surface area contributed by atoms with Crippen LogP contribution in [0.25, 0.3) is 11.0 Å². The van der Waals surface area contributed by atoms with Gasteiger partial charge in [0.15, 0.2) is 11.5 Å². The average molecular weight is 324 g/mol. The van der Waals surface area contributed by atoms with E-state index in [-0.39, 0.29) is 0 Å².